The summed E-state index contributed by atoms with van der Waals surface area (Å²) < 4.78 is 5.97. The zero-order valence-corrected chi connectivity index (χ0v) is 31.5. The molecule has 0 aromatic heterocycles. The molecule has 42 heavy (non-hydrogen) atoms. The number of esters is 1. The highest BCUT2D eigenvalue weighted by atomic mass is 33.1. The van der Waals surface area contributed by atoms with Crippen molar-refractivity contribution in [3.63, 3.8) is 0 Å². The lowest BCUT2D eigenvalue weighted by atomic mass is 10.1. The molecule has 1 unspecified atom stereocenters. The first-order valence-corrected chi connectivity index (χ1v) is 22.6. The molecule has 0 spiro atoms. The summed E-state index contributed by atoms with van der Waals surface area (Å²) in [6, 6.07) is 0. The lowest BCUT2D eigenvalue weighted by molar-refractivity contribution is -0.150. The van der Waals surface area contributed by atoms with Crippen LogP contribution in [0.3, 0.4) is 0 Å². The molecule has 0 radical (unpaired) electrons. The second-order valence-corrected chi connectivity index (χ2v) is 17.3. The predicted octanol–water partition coefficient (Wildman–Crippen LogP) is 12.4. The van der Waals surface area contributed by atoms with Gasteiger partial charge in [0.25, 0.3) is 0 Å². The Balaban J connectivity index is 3.94. The van der Waals surface area contributed by atoms with Crippen LogP contribution >= 0.6 is 43.2 Å². The van der Waals surface area contributed by atoms with Crippen molar-refractivity contribution in [3.05, 3.63) is 12.2 Å². The molecule has 0 aliphatic heterocycles. The monoisotopic (exact) mass is 663 g/mol. The first-order valence-electron chi connectivity index (χ1n) is 17.6. The Hall–Kier alpha value is 0.570. The van der Waals surface area contributed by atoms with Gasteiger partial charge in [-0.2, -0.15) is 0 Å². The molecule has 0 aliphatic carbocycles. The fraction of sp³-hybridized carbons (Fsp3) is 0.914. The quantitative estimate of drug-likeness (QED) is 0.0293. The van der Waals surface area contributed by atoms with Gasteiger partial charge in [0.15, 0.2) is 0 Å². The summed E-state index contributed by atoms with van der Waals surface area (Å²) in [5.74, 6) is 4.91. The summed E-state index contributed by atoms with van der Waals surface area (Å²) in [5.41, 5.74) is 0. The van der Waals surface area contributed by atoms with Crippen LogP contribution in [-0.2, 0) is 9.53 Å². The van der Waals surface area contributed by atoms with E-state index in [-0.39, 0.29) is 12.1 Å². The van der Waals surface area contributed by atoms with Gasteiger partial charge in [0.05, 0.1) is 0 Å². The van der Waals surface area contributed by atoms with E-state index in [2.05, 4.69) is 55.8 Å². The van der Waals surface area contributed by atoms with Gasteiger partial charge in [0, 0.05) is 29.4 Å². The number of nitrogens with zero attached hydrogens (tertiary/aromatic N) is 1. The molecule has 3 nitrogen and oxygen atoms in total. The van der Waals surface area contributed by atoms with Gasteiger partial charge in [-0.15, -0.1) is 0 Å². The van der Waals surface area contributed by atoms with Crippen LogP contribution in [0.5, 0.6) is 0 Å². The smallest absolute Gasteiger partial charge is 0.306 e. The molecule has 0 amide bonds. The Kier molecular flexibility index (Phi) is 36.5. The molecule has 1 atom stereocenters. The highest BCUT2D eigenvalue weighted by Crippen LogP contribution is 2.26. The van der Waals surface area contributed by atoms with Crippen molar-refractivity contribution in [3.8, 4) is 0 Å². The van der Waals surface area contributed by atoms with Crippen molar-refractivity contribution in [1.82, 2.24) is 4.90 Å². The maximum Gasteiger partial charge on any atom is 0.306 e. The minimum absolute atomic E-state index is 0.000456. The Morgan fingerprint density at radius 2 is 1.07 bits per heavy atom. The molecule has 0 N–H and O–H groups in total. The number of carbonyl (C=O) groups is 1. The van der Waals surface area contributed by atoms with Crippen molar-refractivity contribution in [2.75, 3.05) is 43.7 Å². The summed E-state index contributed by atoms with van der Waals surface area (Å²) >= 11 is 0. The summed E-state index contributed by atoms with van der Waals surface area (Å²) in [7, 11) is 12.2. The molecule has 0 aromatic carbocycles. The Bertz CT molecular complexity index is 577. The molecule has 0 rings (SSSR count). The van der Waals surface area contributed by atoms with Crippen molar-refractivity contribution in [1.29, 1.82) is 0 Å². The molecule has 0 aliphatic rings. The number of unbranched alkanes of at least 4 members (excludes halogenated alkanes) is 13. The van der Waals surface area contributed by atoms with Gasteiger partial charge in [-0.25, -0.2) is 0 Å². The molecule has 0 aromatic rings. The maximum atomic E-state index is 12.5. The normalized spacial score (nSPS) is 12.5. The Morgan fingerprint density at radius 3 is 1.64 bits per heavy atom. The first-order chi connectivity index (χ1) is 20.6. The third kappa shape index (κ3) is 35.1. The molecular weight excluding hydrogens is 595 g/mol. The van der Waals surface area contributed by atoms with E-state index in [1.165, 1.54) is 126 Å². The summed E-state index contributed by atoms with van der Waals surface area (Å²) in [5, 5.41) is 0. The predicted molar refractivity (Wildman–Crippen MR) is 200 cm³/mol. The minimum Gasteiger partial charge on any atom is -0.462 e. The van der Waals surface area contributed by atoms with Crippen LogP contribution in [0, 0.1) is 0 Å². The van der Waals surface area contributed by atoms with Crippen molar-refractivity contribution < 1.29 is 9.53 Å². The van der Waals surface area contributed by atoms with Crippen LogP contribution in [0.4, 0.5) is 0 Å². The van der Waals surface area contributed by atoms with Gasteiger partial charge in [-0.1, -0.05) is 133 Å². The van der Waals surface area contributed by atoms with Gasteiger partial charge >= 0.3 is 5.97 Å². The third-order valence-corrected chi connectivity index (χ3v) is 12.4. The first kappa shape index (κ1) is 42.6. The number of ether oxygens (including phenoxy) is 1. The molecule has 0 saturated carbocycles. The van der Waals surface area contributed by atoms with Crippen LogP contribution in [0.2, 0.25) is 0 Å². The topological polar surface area (TPSA) is 29.5 Å². The van der Waals surface area contributed by atoms with Crippen LogP contribution in [0.15, 0.2) is 12.2 Å². The highest BCUT2D eigenvalue weighted by Gasteiger charge is 2.14. The van der Waals surface area contributed by atoms with Gasteiger partial charge in [-0.05, 0) is 91.3 Å². The van der Waals surface area contributed by atoms with Gasteiger partial charge < -0.3 is 9.64 Å². The average molecular weight is 664 g/mol. The van der Waals surface area contributed by atoms with E-state index in [0.717, 1.165) is 38.6 Å². The lowest BCUT2D eigenvalue weighted by Crippen LogP contribution is -2.20. The molecule has 0 bridgehead atoms. The van der Waals surface area contributed by atoms with Crippen LogP contribution < -0.4 is 0 Å². The van der Waals surface area contributed by atoms with Crippen LogP contribution in [0.1, 0.15) is 155 Å². The van der Waals surface area contributed by atoms with Gasteiger partial charge in [-0.3, -0.25) is 4.79 Å². The lowest BCUT2D eigenvalue weighted by Gasteiger charge is -2.18. The highest BCUT2D eigenvalue weighted by molar-refractivity contribution is 8.77. The number of hydrogen-bond donors (Lipinski definition) is 0. The van der Waals surface area contributed by atoms with Crippen molar-refractivity contribution >= 4 is 49.1 Å². The van der Waals surface area contributed by atoms with Gasteiger partial charge in [0.2, 0.25) is 0 Å². The Labute approximate surface area is 279 Å². The maximum absolute atomic E-state index is 12.5. The van der Waals surface area contributed by atoms with E-state index in [9.17, 15) is 4.79 Å². The molecular formula is C35H69NO2S4. The fourth-order valence-corrected chi connectivity index (χ4v) is 9.12. The molecule has 0 fully saturated rings. The van der Waals surface area contributed by atoms with Crippen LogP contribution in [0.25, 0.3) is 0 Å². The fourth-order valence-electron chi connectivity index (χ4n) is 4.68. The van der Waals surface area contributed by atoms with Crippen molar-refractivity contribution in [2.24, 2.45) is 0 Å². The number of allylic oxidation sites excluding steroid dienone is 2. The van der Waals surface area contributed by atoms with E-state index in [1.807, 2.05) is 32.4 Å². The summed E-state index contributed by atoms with van der Waals surface area (Å²) in [4.78, 5) is 14.6. The zero-order valence-electron chi connectivity index (χ0n) is 28.2. The Morgan fingerprint density at radius 1 is 0.595 bits per heavy atom. The largest absolute Gasteiger partial charge is 0.462 e. The molecule has 0 heterocycles. The number of hydrogen-bond acceptors (Lipinski definition) is 7. The molecule has 0 saturated heterocycles. The summed E-state index contributed by atoms with van der Waals surface area (Å²) in [6.07, 6.45) is 32.1. The number of rotatable bonds is 34. The minimum atomic E-state index is 0.000456. The molecule has 250 valence electrons. The van der Waals surface area contributed by atoms with E-state index >= 15 is 0 Å². The van der Waals surface area contributed by atoms with Gasteiger partial charge in [0.1, 0.15) is 6.10 Å². The second kappa shape index (κ2) is 36.0. The third-order valence-electron chi connectivity index (χ3n) is 7.30. The van der Waals surface area contributed by atoms with Crippen LogP contribution in [-0.4, -0.2) is 60.6 Å². The van der Waals surface area contributed by atoms with E-state index in [4.69, 9.17) is 4.74 Å². The van der Waals surface area contributed by atoms with Crippen molar-refractivity contribution in [2.45, 2.75) is 161 Å². The van der Waals surface area contributed by atoms with E-state index < -0.39 is 0 Å². The van der Waals surface area contributed by atoms with E-state index in [1.54, 1.807) is 0 Å². The number of carbonyl (C=O) groups excluding carboxylic acids is 1. The SMILES string of the molecule is CCCCCC/C=C\CCSSCCCCC(CCCCSSCCCCCCCCCC)OC(=O)CCCN(C)C. The zero-order chi connectivity index (χ0) is 30.8. The molecule has 7 heteroatoms. The standard InChI is InChI=1S/C35H69NO2S4/c1-5-7-9-11-13-15-17-21-30-39-41-32-23-19-26-34(38-35(37)28-25-29-36(3)4)27-20-24-33-42-40-31-22-18-16-14-12-10-8-6-2/h15,17,34H,5-14,16,18-33H2,1-4H3/b17-15-. The second-order valence-electron chi connectivity index (χ2n) is 11.9. The average Bonchev–Trinajstić information content (AvgIpc) is 2.97. The van der Waals surface area contributed by atoms with E-state index in [0.29, 0.717) is 6.42 Å². The summed E-state index contributed by atoms with van der Waals surface area (Å²) in [6.45, 7) is 5.50.